The number of hydrogen-bond donors (Lipinski definition) is 3. The van der Waals surface area contributed by atoms with Crippen molar-refractivity contribution in [2.45, 2.75) is 6.92 Å². The number of ether oxygens (including phenoxy) is 1. The maximum absolute atomic E-state index is 12.2. The second kappa shape index (κ2) is 10.5. The Balaban J connectivity index is 1.61. The Morgan fingerprint density at radius 1 is 1.03 bits per heavy atom. The Bertz CT molecular complexity index is 1170. The molecular weight excluding hydrogens is 406 g/mol. The van der Waals surface area contributed by atoms with Gasteiger partial charge in [-0.25, -0.2) is 0 Å². The molecule has 0 bridgehead atoms. The molecule has 0 atom stereocenters. The number of primary amides is 1. The summed E-state index contributed by atoms with van der Waals surface area (Å²) in [5, 5.41) is 2.72. The largest absolute Gasteiger partial charge is 0.494 e. The molecular formula is C24H23N5O3. The molecule has 0 radical (unpaired) electrons. The van der Waals surface area contributed by atoms with Crippen LogP contribution >= 0.6 is 0 Å². The fraction of sp³-hybridized carbons (Fsp3) is 0.0833. The predicted molar refractivity (Wildman–Crippen MR) is 126 cm³/mol. The van der Waals surface area contributed by atoms with Gasteiger partial charge >= 0.3 is 0 Å². The fourth-order valence-electron chi connectivity index (χ4n) is 2.73. The standard InChI is InChI=1S/C24H23N5O3/c1-2-32-20-9-10-21(25)22(13-20)29-23(30)11-8-19-15-27-18(14-28-19)7-6-16-4-3-5-17(12-16)24(26)31/h3-15H,2,25H2,1H3,(H2,26,31)(H,29,30)/b7-6+,11-8+. The van der Waals surface area contributed by atoms with Crippen LogP contribution in [0.1, 0.15) is 34.2 Å². The van der Waals surface area contributed by atoms with Crippen molar-refractivity contribution in [1.82, 2.24) is 9.97 Å². The van der Waals surface area contributed by atoms with Gasteiger partial charge in [0.25, 0.3) is 0 Å². The van der Waals surface area contributed by atoms with E-state index < -0.39 is 5.91 Å². The molecule has 0 fully saturated rings. The molecule has 0 saturated carbocycles. The molecule has 1 aromatic heterocycles. The van der Waals surface area contributed by atoms with Crippen LogP contribution in [0.2, 0.25) is 0 Å². The topological polar surface area (TPSA) is 133 Å². The molecule has 2 aromatic carbocycles. The minimum Gasteiger partial charge on any atom is -0.494 e. The molecule has 0 unspecified atom stereocenters. The van der Waals surface area contributed by atoms with Crippen LogP contribution in [0.4, 0.5) is 11.4 Å². The zero-order chi connectivity index (χ0) is 22.9. The van der Waals surface area contributed by atoms with Gasteiger partial charge in [0, 0.05) is 17.7 Å². The highest BCUT2D eigenvalue weighted by molar-refractivity contribution is 6.03. The molecule has 0 spiro atoms. The summed E-state index contributed by atoms with van der Waals surface area (Å²) >= 11 is 0. The number of amides is 2. The molecule has 8 nitrogen and oxygen atoms in total. The van der Waals surface area contributed by atoms with Crippen molar-refractivity contribution in [1.29, 1.82) is 0 Å². The molecule has 0 aliphatic carbocycles. The molecule has 1 heterocycles. The lowest BCUT2D eigenvalue weighted by Gasteiger charge is -2.09. The van der Waals surface area contributed by atoms with Gasteiger partial charge in [0.1, 0.15) is 5.75 Å². The number of anilines is 2. The number of benzene rings is 2. The fourth-order valence-corrected chi connectivity index (χ4v) is 2.73. The summed E-state index contributed by atoms with van der Waals surface area (Å²) in [5.74, 6) is -0.216. The van der Waals surface area contributed by atoms with E-state index in [0.29, 0.717) is 40.7 Å². The number of aromatic nitrogens is 2. The van der Waals surface area contributed by atoms with E-state index in [1.807, 2.05) is 13.0 Å². The third-order valence-corrected chi connectivity index (χ3v) is 4.31. The summed E-state index contributed by atoms with van der Waals surface area (Å²) < 4.78 is 5.42. The van der Waals surface area contributed by atoms with Crippen LogP contribution in [0.3, 0.4) is 0 Å². The zero-order valence-electron chi connectivity index (χ0n) is 17.5. The Morgan fingerprint density at radius 3 is 2.47 bits per heavy atom. The normalized spacial score (nSPS) is 11.0. The Labute approximate surface area is 185 Å². The smallest absolute Gasteiger partial charge is 0.248 e. The van der Waals surface area contributed by atoms with Crippen molar-refractivity contribution in [2.75, 3.05) is 17.7 Å². The van der Waals surface area contributed by atoms with Crippen molar-refractivity contribution >= 4 is 41.4 Å². The van der Waals surface area contributed by atoms with E-state index in [9.17, 15) is 9.59 Å². The average Bonchev–Trinajstić information content (AvgIpc) is 2.79. The molecule has 32 heavy (non-hydrogen) atoms. The number of nitrogens with one attached hydrogen (secondary N) is 1. The number of nitrogen functional groups attached to an aromatic ring is 1. The number of carbonyl (C=O) groups is 2. The molecule has 8 heteroatoms. The van der Waals surface area contributed by atoms with Crippen LogP contribution in [0, 0.1) is 0 Å². The monoisotopic (exact) mass is 429 g/mol. The van der Waals surface area contributed by atoms with Crippen LogP contribution in [0.25, 0.3) is 18.2 Å². The third-order valence-electron chi connectivity index (χ3n) is 4.31. The van der Waals surface area contributed by atoms with E-state index in [2.05, 4.69) is 15.3 Å². The number of nitrogens with two attached hydrogens (primary N) is 2. The molecule has 5 N–H and O–H groups in total. The first-order chi connectivity index (χ1) is 15.4. The second-order valence-corrected chi connectivity index (χ2v) is 6.69. The van der Waals surface area contributed by atoms with Gasteiger partial charge in [0.05, 0.1) is 41.8 Å². The molecule has 0 saturated heterocycles. The van der Waals surface area contributed by atoms with E-state index in [1.165, 1.54) is 6.08 Å². The summed E-state index contributed by atoms with van der Waals surface area (Å²) in [6.45, 7) is 2.39. The van der Waals surface area contributed by atoms with E-state index in [1.54, 1.807) is 67.0 Å². The van der Waals surface area contributed by atoms with Crippen molar-refractivity contribution in [3.8, 4) is 5.75 Å². The lowest BCUT2D eigenvalue weighted by Crippen LogP contribution is -2.10. The minimum absolute atomic E-state index is 0.356. The van der Waals surface area contributed by atoms with E-state index in [-0.39, 0.29) is 5.91 Å². The summed E-state index contributed by atoms with van der Waals surface area (Å²) in [7, 11) is 0. The van der Waals surface area contributed by atoms with Gasteiger partial charge in [-0.3, -0.25) is 19.6 Å². The summed E-state index contributed by atoms with van der Waals surface area (Å²) in [5.41, 5.74) is 14.5. The van der Waals surface area contributed by atoms with Gasteiger partial charge in [-0.05, 0) is 48.9 Å². The highest BCUT2D eigenvalue weighted by atomic mass is 16.5. The van der Waals surface area contributed by atoms with Crippen LogP contribution < -0.4 is 21.5 Å². The van der Waals surface area contributed by atoms with E-state index in [4.69, 9.17) is 16.2 Å². The van der Waals surface area contributed by atoms with Crippen molar-refractivity contribution < 1.29 is 14.3 Å². The van der Waals surface area contributed by atoms with Crippen molar-refractivity contribution in [3.63, 3.8) is 0 Å². The maximum atomic E-state index is 12.2. The Kier molecular flexibility index (Phi) is 7.32. The molecule has 3 rings (SSSR count). The maximum Gasteiger partial charge on any atom is 0.248 e. The van der Waals surface area contributed by atoms with Gasteiger partial charge in [-0.1, -0.05) is 18.2 Å². The highest BCUT2D eigenvalue weighted by Crippen LogP contribution is 2.24. The minimum atomic E-state index is -0.482. The molecule has 2 amide bonds. The number of hydrogen-bond acceptors (Lipinski definition) is 6. The van der Waals surface area contributed by atoms with Gasteiger partial charge in [0.15, 0.2) is 0 Å². The van der Waals surface area contributed by atoms with Crippen LogP contribution in [0.15, 0.2) is 60.9 Å². The predicted octanol–water partition coefficient (Wildman–Crippen LogP) is 3.38. The lowest BCUT2D eigenvalue weighted by atomic mass is 10.1. The molecule has 162 valence electrons. The number of nitrogens with zero attached hydrogens (tertiary/aromatic N) is 2. The average molecular weight is 429 g/mol. The van der Waals surface area contributed by atoms with Crippen molar-refractivity contribution in [2.24, 2.45) is 5.73 Å². The Hall–Kier alpha value is -4.46. The molecule has 0 aliphatic rings. The second-order valence-electron chi connectivity index (χ2n) is 6.69. The quantitative estimate of drug-likeness (QED) is 0.371. The summed E-state index contributed by atoms with van der Waals surface area (Å²) in [4.78, 5) is 32.1. The summed E-state index contributed by atoms with van der Waals surface area (Å²) in [6, 6.07) is 12.0. The first-order valence-corrected chi connectivity index (χ1v) is 9.86. The number of carbonyl (C=O) groups excluding carboxylic acids is 2. The molecule has 0 aliphatic heterocycles. The summed E-state index contributed by atoms with van der Waals surface area (Å²) in [6.07, 6.45) is 9.60. The van der Waals surface area contributed by atoms with Gasteiger partial charge in [-0.2, -0.15) is 0 Å². The van der Waals surface area contributed by atoms with Crippen LogP contribution in [0.5, 0.6) is 5.75 Å². The zero-order valence-corrected chi connectivity index (χ0v) is 17.5. The third kappa shape index (κ3) is 6.27. The van der Waals surface area contributed by atoms with Gasteiger partial charge in [-0.15, -0.1) is 0 Å². The first kappa shape index (κ1) is 22.2. The Morgan fingerprint density at radius 2 is 1.78 bits per heavy atom. The van der Waals surface area contributed by atoms with E-state index in [0.717, 1.165) is 5.56 Å². The molecule has 3 aromatic rings. The van der Waals surface area contributed by atoms with Gasteiger partial charge in [0.2, 0.25) is 11.8 Å². The van der Waals surface area contributed by atoms with E-state index >= 15 is 0 Å². The van der Waals surface area contributed by atoms with Crippen LogP contribution in [-0.2, 0) is 4.79 Å². The lowest BCUT2D eigenvalue weighted by molar-refractivity contribution is -0.111. The number of rotatable bonds is 8. The SMILES string of the molecule is CCOc1ccc(N)c(NC(=O)/C=C/c2cnc(/C=C/c3cccc(C(N)=O)c3)cn2)c1. The van der Waals surface area contributed by atoms with Gasteiger partial charge < -0.3 is 21.5 Å². The van der Waals surface area contributed by atoms with Crippen LogP contribution in [-0.4, -0.2) is 28.4 Å². The highest BCUT2D eigenvalue weighted by Gasteiger charge is 2.05. The van der Waals surface area contributed by atoms with Crippen molar-refractivity contribution in [3.05, 3.63) is 83.4 Å². The first-order valence-electron chi connectivity index (χ1n) is 9.86.